The third-order valence-electron chi connectivity index (χ3n) is 6.71. The first kappa shape index (κ1) is 31.8. The number of anilines is 1. The molecule has 0 bridgehead atoms. The maximum atomic E-state index is 13.4. The summed E-state index contributed by atoms with van der Waals surface area (Å²) in [6.07, 6.45) is 1.50. The minimum atomic E-state index is -0.542. The Kier molecular flexibility index (Phi) is 10.4. The van der Waals surface area contributed by atoms with Gasteiger partial charge in [-0.05, 0) is 41.5 Å². The Bertz CT molecular complexity index is 1670. The van der Waals surface area contributed by atoms with E-state index in [9.17, 15) is 19.7 Å². The topological polar surface area (TPSA) is 144 Å². The molecule has 0 unspecified atom stereocenters. The van der Waals surface area contributed by atoms with E-state index in [1.807, 2.05) is 13.8 Å². The van der Waals surface area contributed by atoms with Crippen LogP contribution in [0.4, 0.5) is 11.5 Å². The molecule has 0 atom stereocenters. The highest BCUT2D eigenvalue weighted by atomic mass is 16.6. The number of fused-ring (bicyclic) bond motifs is 3. The van der Waals surface area contributed by atoms with Crippen LogP contribution in [0.15, 0.2) is 54.6 Å². The maximum absolute atomic E-state index is 13.4. The van der Waals surface area contributed by atoms with Crippen molar-refractivity contribution >= 4 is 34.2 Å². The molecule has 12 nitrogen and oxygen atoms in total. The predicted molar refractivity (Wildman–Crippen MR) is 165 cm³/mol. The molecule has 12 heteroatoms. The Morgan fingerprint density at radius 3 is 1.93 bits per heavy atom. The fourth-order valence-electron chi connectivity index (χ4n) is 4.75. The van der Waals surface area contributed by atoms with Crippen LogP contribution in [0.5, 0.6) is 23.0 Å². The zero-order chi connectivity index (χ0) is 30.3. The zero-order valence-corrected chi connectivity index (χ0v) is 24.0. The lowest BCUT2D eigenvalue weighted by molar-refractivity contribution is -0.384. The van der Waals surface area contributed by atoms with E-state index in [2.05, 4.69) is 10.4 Å². The van der Waals surface area contributed by atoms with Crippen molar-refractivity contribution in [3.8, 4) is 23.0 Å². The summed E-state index contributed by atoms with van der Waals surface area (Å²) >= 11 is 0. The van der Waals surface area contributed by atoms with Gasteiger partial charge in [-0.1, -0.05) is 33.4 Å². The van der Waals surface area contributed by atoms with E-state index in [-0.39, 0.29) is 43.1 Å². The van der Waals surface area contributed by atoms with Crippen LogP contribution in [0.1, 0.15) is 50.0 Å². The minimum Gasteiger partial charge on any atom is -0.490 e. The van der Waals surface area contributed by atoms with E-state index in [1.165, 1.54) is 18.2 Å². The number of hydrogen-bond acceptors (Lipinski definition) is 9. The number of hydrogen-bond donors (Lipinski definition) is 1. The van der Waals surface area contributed by atoms with Gasteiger partial charge in [-0.2, -0.15) is 4.68 Å². The van der Waals surface area contributed by atoms with Gasteiger partial charge in [0.05, 0.1) is 55.1 Å². The third kappa shape index (κ3) is 7.08. The number of carbonyl (C=O) groups excluding carboxylic acids is 2. The summed E-state index contributed by atoms with van der Waals surface area (Å²) in [6.45, 7) is 6.15. The van der Waals surface area contributed by atoms with Crippen LogP contribution >= 0.6 is 0 Å². The van der Waals surface area contributed by atoms with Crippen LogP contribution < -0.4 is 24.3 Å². The third-order valence-corrected chi connectivity index (χ3v) is 6.71. The highest BCUT2D eigenvalue weighted by Gasteiger charge is 2.22. The fraction of sp³-hybridized carbons (Fsp3) is 0.344. The lowest BCUT2D eigenvalue weighted by Crippen LogP contribution is -2.17. The Morgan fingerprint density at radius 1 is 0.818 bits per heavy atom. The molecule has 3 heterocycles. The van der Waals surface area contributed by atoms with Crippen LogP contribution in [0, 0.1) is 10.1 Å². The first-order valence-electron chi connectivity index (χ1n) is 14.2. The molecule has 1 N–H and O–H groups in total. The molecule has 3 aromatic carbocycles. The lowest BCUT2D eigenvalue weighted by Gasteiger charge is -2.09. The van der Waals surface area contributed by atoms with Crippen molar-refractivity contribution in [1.29, 1.82) is 0 Å². The highest BCUT2D eigenvalue weighted by Crippen LogP contribution is 2.33. The van der Waals surface area contributed by atoms with E-state index in [4.69, 9.17) is 18.9 Å². The molecule has 232 valence electrons. The number of nitro benzene ring substituents is 1. The molecular weight excluding hydrogens is 568 g/mol. The Balaban J connectivity index is 0.00000144. The van der Waals surface area contributed by atoms with Gasteiger partial charge < -0.3 is 24.3 Å². The summed E-state index contributed by atoms with van der Waals surface area (Å²) in [6, 6.07) is 14.6. The quantitative estimate of drug-likeness (QED) is 0.207. The normalized spacial score (nSPS) is 13.3. The SMILES string of the molecule is C.CC.O=C(Cc1ccc2c(c1)OCCCO2)Nc1nn(C(=O)Cc2ccc3c(c2)OCCCO3)c2ccc([N+](=O)[O-])cc12. The van der Waals surface area contributed by atoms with Crippen molar-refractivity contribution in [2.24, 2.45) is 0 Å². The molecule has 44 heavy (non-hydrogen) atoms. The summed E-state index contributed by atoms with van der Waals surface area (Å²) in [5, 5.41) is 18.8. The Hall–Kier alpha value is -5.13. The second kappa shape index (κ2) is 14.4. The van der Waals surface area contributed by atoms with Gasteiger partial charge >= 0.3 is 0 Å². The molecule has 1 amide bonds. The molecule has 0 fully saturated rings. The van der Waals surface area contributed by atoms with E-state index in [1.54, 1.807) is 36.4 Å². The Labute approximate surface area is 255 Å². The van der Waals surface area contributed by atoms with Crippen LogP contribution in [0.3, 0.4) is 0 Å². The predicted octanol–water partition coefficient (Wildman–Crippen LogP) is 5.99. The number of carbonyl (C=O) groups is 2. The van der Waals surface area contributed by atoms with Gasteiger partial charge in [0, 0.05) is 25.0 Å². The van der Waals surface area contributed by atoms with E-state index in [0.29, 0.717) is 66.1 Å². The van der Waals surface area contributed by atoms with Gasteiger partial charge in [-0.25, -0.2) is 0 Å². The lowest BCUT2D eigenvalue weighted by atomic mass is 10.1. The van der Waals surface area contributed by atoms with E-state index < -0.39 is 10.8 Å². The van der Waals surface area contributed by atoms with Gasteiger partial charge in [0.15, 0.2) is 28.8 Å². The largest absolute Gasteiger partial charge is 0.490 e. The number of nitrogens with zero attached hydrogens (tertiary/aromatic N) is 3. The number of ether oxygens (including phenoxy) is 4. The van der Waals surface area contributed by atoms with Crippen LogP contribution in [-0.4, -0.2) is 52.9 Å². The van der Waals surface area contributed by atoms with Crippen molar-refractivity contribution in [1.82, 2.24) is 9.78 Å². The van der Waals surface area contributed by atoms with Gasteiger partial charge in [0.2, 0.25) is 5.91 Å². The standard InChI is InChI=1S/C29H26N4O8.C2H6.CH4/c34-27(15-18-3-7-23-25(13-18)40-11-1-9-38-23)30-29-21-17-20(33(36)37)5-6-22(21)32(31-29)28(35)16-19-4-8-24-26(14-19)41-12-2-10-39-24;1-2;/h3-8,13-14,17H,1-2,9-12,15-16H2,(H,30,31,34);1-2H3;1H4. The summed E-state index contributed by atoms with van der Waals surface area (Å²) < 4.78 is 23.9. The minimum absolute atomic E-state index is 0. The molecule has 0 spiro atoms. The maximum Gasteiger partial charge on any atom is 0.270 e. The number of nitrogens with one attached hydrogen (secondary N) is 1. The molecule has 0 saturated carbocycles. The van der Waals surface area contributed by atoms with Crippen LogP contribution in [0.25, 0.3) is 10.9 Å². The second-order valence-corrected chi connectivity index (χ2v) is 9.68. The molecule has 4 aromatic rings. The highest BCUT2D eigenvalue weighted by molar-refractivity contribution is 6.04. The summed E-state index contributed by atoms with van der Waals surface area (Å²) in [5.74, 6) is 1.63. The number of aromatic nitrogens is 2. The van der Waals surface area contributed by atoms with Gasteiger partial charge in [-0.3, -0.25) is 19.7 Å². The van der Waals surface area contributed by atoms with Gasteiger partial charge in [0.25, 0.3) is 11.6 Å². The number of non-ortho nitro benzene ring substituents is 1. The van der Waals surface area contributed by atoms with Crippen molar-refractivity contribution in [3.63, 3.8) is 0 Å². The summed E-state index contributed by atoms with van der Waals surface area (Å²) in [4.78, 5) is 37.4. The van der Waals surface area contributed by atoms with Crippen LogP contribution in [-0.2, 0) is 17.6 Å². The van der Waals surface area contributed by atoms with Crippen molar-refractivity contribution in [2.45, 2.75) is 47.0 Å². The zero-order valence-electron chi connectivity index (χ0n) is 24.0. The Morgan fingerprint density at radius 2 is 1.36 bits per heavy atom. The van der Waals surface area contributed by atoms with E-state index >= 15 is 0 Å². The molecule has 1 aromatic heterocycles. The average Bonchev–Trinajstić information content (AvgIpc) is 3.16. The molecule has 2 aliphatic heterocycles. The van der Waals surface area contributed by atoms with Crippen molar-refractivity contribution < 1.29 is 33.5 Å². The molecular formula is C32H36N4O8. The monoisotopic (exact) mass is 604 g/mol. The molecule has 2 aliphatic rings. The van der Waals surface area contributed by atoms with Crippen molar-refractivity contribution in [3.05, 3.63) is 75.8 Å². The number of benzene rings is 3. The molecule has 0 aliphatic carbocycles. The summed E-state index contributed by atoms with van der Waals surface area (Å²) in [5.41, 5.74) is 1.52. The first-order chi connectivity index (χ1) is 20.9. The smallest absolute Gasteiger partial charge is 0.270 e. The fourth-order valence-corrected chi connectivity index (χ4v) is 4.75. The summed E-state index contributed by atoms with van der Waals surface area (Å²) in [7, 11) is 0. The average molecular weight is 605 g/mol. The van der Waals surface area contributed by atoms with E-state index in [0.717, 1.165) is 17.5 Å². The van der Waals surface area contributed by atoms with Gasteiger partial charge in [0.1, 0.15) is 0 Å². The second-order valence-electron chi connectivity index (χ2n) is 9.68. The number of nitro groups is 1. The van der Waals surface area contributed by atoms with Crippen LogP contribution in [0.2, 0.25) is 0 Å². The number of rotatable bonds is 6. The van der Waals surface area contributed by atoms with Gasteiger partial charge in [-0.15, -0.1) is 5.10 Å². The molecule has 0 saturated heterocycles. The number of amides is 1. The van der Waals surface area contributed by atoms with Crippen molar-refractivity contribution in [2.75, 3.05) is 31.7 Å². The molecule has 6 rings (SSSR count). The first-order valence-corrected chi connectivity index (χ1v) is 14.2. The molecule has 0 radical (unpaired) electrons.